The molecular formula is C58H34N2O2S2. The minimum absolute atomic E-state index is 0.893. The van der Waals surface area contributed by atoms with Crippen LogP contribution in [0.3, 0.4) is 0 Å². The number of anilines is 6. The summed E-state index contributed by atoms with van der Waals surface area (Å²) in [7, 11) is 0. The molecule has 4 aromatic heterocycles. The fourth-order valence-corrected chi connectivity index (χ4v) is 12.4. The van der Waals surface area contributed by atoms with Gasteiger partial charge in [0.25, 0.3) is 0 Å². The maximum atomic E-state index is 6.22. The molecule has 0 aliphatic rings. The van der Waals surface area contributed by atoms with Gasteiger partial charge in [-0.3, -0.25) is 0 Å². The summed E-state index contributed by atoms with van der Waals surface area (Å²) in [5.41, 5.74) is 10.2. The molecule has 64 heavy (non-hydrogen) atoms. The van der Waals surface area contributed by atoms with E-state index in [9.17, 15) is 0 Å². The molecule has 0 saturated heterocycles. The lowest BCUT2D eigenvalue weighted by Gasteiger charge is -2.25. The topological polar surface area (TPSA) is 32.8 Å². The zero-order valence-corrected chi connectivity index (χ0v) is 35.8. The number of hydrogen-bond donors (Lipinski definition) is 0. The summed E-state index contributed by atoms with van der Waals surface area (Å²) in [6.07, 6.45) is 0. The van der Waals surface area contributed by atoms with E-state index in [0.29, 0.717) is 0 Å². The number of thiophene rings is 2. The van der Waals surface area contributed by atoms with Crippen molar-refractivity contribution in [2.75, 3.05) is 9.80 Å². The molecule has 4 nitrogen and oxygen atoms in total. The van der Waals surface area contributed by atoms with Crippen molar-refractivity contribution in [3.8, 4) is 0 Å². The van der Waals surface area contributed by atoms with E-state index >= 15 is 0 Å². The van der Waals surface area contributed by atoms with Crippen LogP contribution in [-0.2, 0) is 0 Å². The highest BCUT2D eigenvalue weighted by Crippen LogP contribution is 2.48. The van der Waals surface area contributed by atoms with E-state index < -0.39 is 0 Å². The minimum Gasteiger partial charge on any atom is -0.456 e. The number of furan rings is 2. The predicted octanol–water partition coefficient (Wildman–Crippen LogP) is 18.3. The number of benzene rings is 10. The first kappa shape index (κ1) is 35.7. The Labute approximate surface area is 374 Å². The Kier molecular flexibility index (Phi) is 7.69. The molecule has 0 radical (unpaired) electrons. The molecule has 0 bridgehead atoms. The third-order valence-electron chi connectivity index (χ3n) is 12.8. The third kappa shape index (κ3) is 5.40. The van der Waals surface area contributed by atoms with Crippen LogP contribution in [0.15, 0.2) is 215 Å². The molecule has 0 saturated carbocycles. The highest BCUT2D eigenvalue weighted by Gasteiger charge is 2.20. The minimum atomic E-state index is 0.893. The molecule has 0 fully saturated rings. The molecule has 0 spiro atoms. The number of para-hydroxylation sites is 4. The molecule has 0 atom stereocenters. The second-order valence-electron chi connectivity index (χ2n) is 16.4. The van der Waals surface area contributed by atoms with Crippen LogP contribution in [-0.4, -0.2) is 0 Å². The van der Waals surface area contributed by atoms with Gasteiger partial charge < -0.3 is 18.6 Å². The van der Waals surface area contributed by atoms with E-state index in [2.05, 4.69) is 192 Å². The fraction of sp³-hybridized carbons (Fsp3) is 0. The molecule has 300 valence electrons. The Bertz CT molecular complexity index is 3890. The zero-order valence-electron chi connectivity index (χ0n) is 34.2. The van der Waals surface area contributed by atoms with Gasteiger partial charge in [0.2, 0.25) is 0 Å². The van der Waals surface area contributed by atoms with E-state index in [0.717, 1.165) is 78.0 Å². The summed E-state index contributed by atoms with van der Waals surface area (Å²) in [4.78, 5) is 4.71. The van der Waals surface area contributed by atoms with Crippen LogP contribution in [0.5, 0.6) is 0 Å². The molecule has 14 aromatic rings. The molecule has 0 amide bonds. The summed E-state index contributed by atoms with van der Waals surface area (Å²) in [5.74, 6) is 0. The standard InChI is InChI=1S/C58H34N2O2S2/c1-3-11-35(12-4-1)59(37-21-29-53-49(31-37)41-15-7-9-17-51(41)61-53)39-19-23-43-45-25-27-48-47(57(45)63-55(43)33-39)28-26-46-44-24-20-40(34-56(44)64-58(46)48)60(36-13-5-2-6-14-36)38-22-30-54-50(32-38)42-16-8-10-18-52(42)62-54/h1-34H. The molecule has 4 heterocycles. The maximum absolute atomic E-state index is 6.22. The second kappa shape index (κ2) is 13.8. The lowest BCUT2D eigenvalue weighted by Crippen LogP contribution is -2.09. The van der Waals surface area contributed by atoms with Crippen molar-refractivity contribution in [2.45, 2.75) is 0 Å². The van der Waals surface area contributed by atoms with Crippen LogP contribution < -0.4 is 9.80 Å². The number of nitrogens with zero attached hydrogens (tertiary/aromatic N) is 2. The number of hydrogen-bond acceptors (Lipinski definition) is 6. The summed E-state index contributed by atoms with van der Waals surface area (Å²) in [5, 5.41) is 12.2. The second-order valence-corrected chi connectivity index (χ2v) is 18.5. The van der Waals surface area contributed by atoms with Crippen molar-refractivity contribution < 1.29 is 8.83 Å². The Morgan fingerprint density at radius 3 is 1.05 bits per heavy atom. The van der Waals surface area contributed by atoms with E-state index in [1.807, 2.05) is 46.9 Å². The van der Waals surface area contributed by atoms with Crippen molar-refractivity contribution in [1.82, 2.24) is 0 Å². The number of rotatable bonds is 6. The highest BCUT2D eigenvalue weighted by molar-refractivity contribution is 7.28. The molecule has 0 aliphatic carbocycles. The van der Waals surface area contributed by atoms with E-state index in [-0.39, 0.29) is 0 Å². The normalized spacial score (nSPS) is 12.1. The molecule has 0 N–H and O–H groups in total. The van der Waals surface area contributed by atoms with Crippen LogP contribution in [0, 0.1) is 0 Å². The van der Waals surface area contributed by atoms with E-state index in [1.165, 1.54) is 51.1 Å². The largest absolute Gasteiger partial charge is 0.456 e. The van der Waals surface area contributed by atoms with Gasteiger partial charge in [-0.05, 0) is 97.1 Å². The Hall–Kier alpha value is -7.90. The van der Waals surface area contributed by atoms with Gasteiger partial charge in [0.05, 0.1) is 0 Å². The van der Waals surface area contributed by atoms with Gasteiger partial charge in [-0.25, -0.2) is 0 Å². The van der Waals surface area contributed by atoms with Crippen molar-refractivity contribution in [1.29, 1.82) is 0 Å². The van der Waals surface area contributed by atoms with E-state index in [4.69, 9.17) is 8.83 Å². The predicted molar refractivity (Wildman–Crippen MR) is 274 cm³/mol. The van der Waals surface area contributed by atoms with Crippen molar-refractivity contribution in [3.63, 3.8) is 0 Å². The quantitative estimate of drug-likeness (QED) is 0.167. The summed E-state index contributed by atoms with van der Waals surface area (Å²) < 4.78 is 17.6. The lowest BCUT2D eigenvalue weighted by atomic mass is 10.0. The smallest absolute Gasteiger partial charge is 0.135 e. The summed E-state index contributed by atoms with van der Waals surface area (Å²) >= 11 is 3.77. The zero-order chi connectivity index (χ0) is 41.9. The van der Waals surface area contributed by atoms with Gasteiger partial charge in [-0.2, -0.15) is 0 Å². The van der Waals surface area contributed by atoms with Gasteiger partial charge >= 0.3 is 0 Å². The Morgan fingerprint density at radius 2 is 0.594 bits per heavy atom. The molecule has 0 unspecified atom stereocenters. The van der Waals surface area contributed by atoms with E-state index in [1.54, 1.807) is 0 Å². The van der Waals surface area contributed by atoms with Gasteiger partial charge in [0.1, 0.15) is 22.3 Å². The average molecular weight is 855 g/mol. The van der Waals surface area contributed by atoms with Crippen molar-refractivity contribution in [2.24, 2.45) is 0 Å². The van der Waals surface area contributed by atoms with Crippen molar-refractivity contribution in [3.05, 3.63) is 206 Å². The third-order valence-corrected chi connectivity index (χ3v) is 15.2. The first-order valence-corrected chi connectivity index (χ1v) is 23.1. The molecule has 10 aromatic carbocycles. The molecular weight excluding hydrogens is 821 g/mol. The summed E-state index contributed by atoms with van der Waals surface area (Å²) in [6.45, 7) is 0. The van der Waals surface area contributed by atoms with Crippen LogP contribution in [0.1, 0.15) is 0 Å². The summed E-state index contributed by atoms with van der Waals surface area (Å²) in [6, 6.07) is 74.2. The Balaban J connectivity index is 0.891. The fourth-order valence-electron chi connectivity index (χ4n) is 9.88. The first-order valence-electron chi connectivity index (χ1n) is 21.5. The SMILES string of the molecule is c1ccc(N(c2ccc3c(c2)sc2c3ccc3c2ccc2c4ccc(N(c5ccccc5)c5ccc6oc7ccccc7c6c5)cc4sc23)c2ccc3oc4ccccc4c3c2)cc1. The monoisotopic (exact) mass is 854 g/mol. The van der Waals surface area contributed by atoms with Gasteiger partial charge in [-0.1, -0.05) is 109 Å². The molecule has 14 rings (SSSR count). The molecule has 0 aliphatic heterocycles. The van der Waals surface area contributed by atoms with Crippen LogP contribution in [0.25, 0.3) is 95.0 Å². The lowest BCUT2D eigenvalue weighted by molar-refractivity contribution is 0.668. The van der Waals surface area contributed by atoms with Crippen molar-refractivity contribution >= 4 is 152 Å². The van der Waals surface area contributed by atoms with Gasteiger partial charge in [0, 0.05) is 107 Å². The Morgan fingerprint density at radius 1 is 0.250 bits per heavy atom. The maximum Gasteiger partial charge on any atom is 0.135 e. The van der Waals surface area contributed by atoms with Crippen LogP contribution in [0.4, 0.5) is 34.1 Å². The number of fused-ring (bicyclic) bond motifs is 15. The molecule has 6 heteroatoms. The average Bonchev–Trinajstić information content (AvgIpc) is 4.12. The van der Waals surface area contributed by atoms with Gasteiger partial charge in [0.15, 0.2) is 0 Å². The van der Waals surface area contributed by atoms with Crippen LogP contribution in [0.2, 0.25) is 0 Å². The first-order chi connectivity index (χ1) is 31.7. The van der Waals surface area contributed by atoms with Crippen LogP contribution >= 0.6 is 22.7 Å². The van der Waals surface area contributed by atoms with Gasteiger partial charge in [-0.15, -0.1) is 22.7 Å². The highest BCUT2D eigenvalue weighted by atomic mass is 32.1.